The van der Waals surface area contributed by atoms with Crippen LogP contribution in [-0.4, -0.2) is 34.6 Å². The van der Waals surface area contributed by atoms with Crippen molar-refractivity contribution in [1.82, 2.24) is 15.1 Å². The van der Waals surface area contributed by atoms with Gasteiger partial charge in [0.2, 0.25) is 17.7 Å². The van der Waals surface area contributed by atoms with Crippen molar-refractivity contribution < 1.29 is 13.6 Å². The average Bonchev–Trinajstić information content (AvgIpc) is 3.13. The Labute approximate surface area is 157 Å². The number of nitrogens with zero attached hydrogens (tertiary/aromatic N) is 3. The van der Waals surface area contributed by atoms with Gasteiger partial charge in [0.1, 0.15) is 5.82 Å². The molecule has 1 heterocycles. The van der Waals surface area contributed by atoms with Gasteiger partial charge in [-0.05, 0) is 57.3 Å². The second-order valence-electron chi connectivity index (χ2n) is 6.46. The van der Waals surface area contributed by atoms with Crippen LogP contribution in [0.15, 0.2) is 52.9 Å². The van der Waals surface area contributed by atoms with E-state index in [4.69, 9.17) is 4.42 Å². The first-order valence-corrected chi connectivity index (χ1v) is 8.58. The maximum atomic E-state index is 12.9. The summed E-state index contributed by atoms with van der Waals surface area (Å²) in [5, 5.41) is 10.9. The molecule has 0 aliphatic rings. The van der Waals surface area contributed by atoms with Crippen molar-refractivity contribution in [2.24, 2.45) is 0 Å². The zero-order chi connectivity index (χ0) is 19.4. The zero-order valence-electron chi connectivity index (χ0n) is 15.4. The average molecular weight is 368 g/mol. The number of likely N-dealkylation sites (N-methyl/N-ethyl adjacent to an activating group) is 1. The Hall–Kier alpha value is -3.06. The standard InChI is InChI=1S/C20H21FN4O2/c1-13-4-6-15(7-5-13)20-24-23-19(27-20)14(2)25(3)12-18(26)22-17-10-8-16(21)9-11-17/h4-11,14H,12H2,1-3H3,(H,22,26)/t14-/m1/s1. The van der Waals surface area contributed by atoms with E-state index in [1.807, 2.05) is 38.1 Å². The molecular weight excluding hydrogens is 347 g/mol. The maximum absolute atomic E-state index is 12.9. The zero-order valence-corrected chi connectivity index (χ0v) is 15.4. The molecule has 0 saturated heterocycles. The van der Waals surface area contributed by atoms with Crippen LogP contribution < -0.4 is 5.32 Å². The molecule has 0 bridgehead atoms. The Balaban J connectivity index is 1.61. The molecule has 3 aromatic rings. The van der Waals surface area contributed by atoms with Crippen molar-refractivity contribution in [3.63, 3.8) is 0 Å². The quantitative estimate of drug-likeness (QED) is 0.716. The van der Waals surface area contributed by atoms with Gasteiger partial charge < -0.3 is 9.73 Å². The van der Waals surface area contributed by atoms with Gasteiger partial charge in [0.05, 0.1) is 12.6 Å². The fraction of sp³-hybridized carbons (Fsp3) is 0.250. The SMILES string of the molecule is Cc1ccc(-c2nnc([C@@H](C)N(C)CC(=O)Nc3ccc(F)cc3)o2)cc1. The Morgan fingerprint density at radius 1 is 1.15 bits per heavy atom. The molecule has 0 aliphatic heterocycles. The lowest BCUT2D eigenvalue weighted by Crippen LogP contribution is -2.32. The number of nitrogens with one attached hydrogen (secondary N) is 1. The normalized spacial score (nSPS) is 12.2. The predicted octanol–water partition coefficient (Wildman–Crippen LogP) is 3.82. The maximum Gasteiger partial charge on any atom is 0.247 e. The Morgan fingerprint density at radius 3 is 2.48 bits per heavy atom. The minimum atomic E-state index is -0.348. The number of hydrogen-bond acceptors (Lipinski definition) is 5. The highest BCUT2D eigenvalue weighted by atomic mass is 19.1. The number of anilines is 1. The van der Waals surface area contributed by atoms with Crippen molar-refractivity contribution >= 4 is 11.6 Å². The van der Waals surface area contributed by atoms with E-state index in [1.54, 1.807) is 11.9 Å². The van der Waals surface area contributed by atoms with Gasteiger partial charge in [-0.25, -0.2) is 4.39 Å². The van der Waals surface area contributed by atoms with E-state index in [9.17, 15) is 9.18 Å². The molecular formula is C20H21FN4O2. The largest absolute Gasteiger partial charge is 0.419 e. The molecule has 0 fully saturated rings. The number of carbonyl (C=O) groups excluding carboxylic acids is 1. The van der Waals surface area contributed by atoms with E-state index < -0.39 is 0 Å². The molecule has 1 atom stereocenters. The smallest absolute Gasteiger partial charge is 0.247 e. The molecule has 1 amide bonds. The summed E-state index contributed by atoms with van der Waals surface area (Å²) in [6.45, 7) is 4.02. The summed E-state index contributed by atoms with van der Waals surface area (Å²) in [5.74, 6) is 0.317. The summed E-state index contributed by atoms with van der Waals surface area (Å²) in [6.07, 6.45) is 0. The predicted molar refractivity (Wildman–Crippen MR) is 101 cm³/mol. The lowest BCUT2D eigenvalue weighted by molar-refractivity contribution is -0.117. The molecule has 1 N–H and O–H groups in total. The topological polar surface area (TPSA) is 71.3 Å². The van der Waals surface area contributed by atoms with Gasteiger partial charge in [-0.2, -0.15) is 0 Å². The molecule has 0 radical (unpaired) electrons. The van der Waals surface area contributed by atoms with Crippen LogP contribution in [0.3, 0.4) is 0 Å². The first-order chi connectivity index (χ1) is 12.9. The van der Waals surface area contributed by atoms with E-state index in [2.05, 4.69) is 15.5 Å². The molecule has 6 nitrogen and oxygen atoms in total. The van der Waals surface area contributed by atoms with Crippen LogP contribution in [-0.2, 0) is 4.79 Å². The van der Waals surface area contributed by atoms with E-state index in [0.29, 0.717) is 17.5 Å². The third-order valence-electron chi connectivity index (χ3n) is 4.28. The fourth-order valence-corrected chi connectivity index (χ4v) is 2.50. The van der Waals surface area contributed by atoms with Gasteiger partial charge in [0.25, 0.3) is 0 Å². The number of aromatic nitrogens is 2. The molecule has 1 aromatic heterocycles. The van der Waals surface area contributed by atoms with Gasteiger partial charge in [0.15, 0.2) is 0 Å². The summed E-state index contributed by atoms with van der Waals surface area (Å²) in [6, 6.07) is 13.2. The minimum Gasteiger partial charge on any atom is -0.419 e. The van der Waals surface area contributed by atoms with Crippen LogP contribution in [0, 0.1) is 12.7 Å². The first-order valence-electron chi connectivity index (χ1n) is 8.58. The van der Waals surface area contributed by atoms with E-state index >= 15 is 0 Å². The third kappa shape index (κ3) is 4.77. The number of amides is 1. The van der Waals surface area contributed by atoms with Crippen molar-refractivity contribution in [2.45, 2.75) is 19.9 Å². The van der Waals surface area contributed by atoms with Crippen molar-refractivity contribution in [2.75, 3.05) is 18.9 Å². The number of rotatable bonds is 6. The molecule has 0 unspecified atom stereocenters. The van der Waals surface area contributed by atoms with Crippen molar-refractivity contribution in [3.05, 3.63) is 65.8 Å². The number of halogens is 1. The summed E-state index contributed by atoms with van der Waals surface area (Å²) in [7, 11) is 1.80. The Morgan fingerprint density at radius 2 is 1.81 bits per heavy atom. The van der Waals surface area contributed by atoms with Crippen LogP contribution in [0.2, 0.25) is 0 Å². The van der Waals surface area contributed by atoms with Gasteiger partial charge >= 0.3 is 0 Å². The van der Waals surface area contributed by atoms with Gasteiger partial charge in [-0.1, -0.05) is 17.7 Å². The number of carbonyl (C=O) groups is 1. The number of benzene rings is 2. The second-order valence-corrected chi connectivity index (χ2v) is 6.46. The van der Waals surface area contributed by atoms with Crippen LogP contribution in [0.1, 0.15) is 24.4 Å². The number of aryl methyl sites for hydroxylation is 1. The summed E-state index contributed by atoms with van der Waals surface area (Å²) < 4.78 is 18.7. The Kier molecular flexibility index (Phi) is 5.61. The monoisotopic (exact) mass is 368 g/mol. The molecule has 0 spiro atoms. The van der Waals surface area contributed by atoms with Crippen LogP contribution in [0.25, 0.3) is 11.5 Å². The minimum absolute atomic E-state index is 0.126. The van der Waals surface area contributed by atoms with Crippen LogP contribution in [0.5, 0.6) is 0 Å². The molecule has 0 saturated carbocycles. The summed E-state index contributed by atoms with van der Waals surface area (Å²) in [5.41, 5.74) is 2.55. The highest BCUT2D eigenvalue weighted by molar-refractivity contribution is 5.92. The molecule has 3 rings (SSSR count). The molecule has 7 heteroatoms. The molecule has 2 aromatic carbocycles. The van der Waals surface area contributed by atoms with Crippen LogP contribution in [0.4, 0.5) is 10.1 Å². The van der Waals surface area contributed by atoms with E-state index in [0.717, 1.165) is 11.1 Å². The van der Waals surface area contributed by atoms with Gasteiger partial charge in [-0.15, -0.1) is 10.2 Å². The number of hydrogen-bond donors (Lipinski definition) is 1. The van der Waals surface area contributed by atoms with Crippen LogP contribution >= 0.6 is 0 Å². The highest BCUT2D eigenvalue weighted by Crippen LogP contribution is 2.23. The van der Waals surface area contributed by atoms with Gasteiger partial charge in [0, 0.05) is 11.3 Å². The molecule has 0 aliphatic carbocycles. The van der Waals surface area contributed by atoms with Gasteiger partial charge in [-0.3, -0.25) is 9.69 Å². The Bertz CT molecular complexity index is 906. The summed E-state index contributed by atoms with van der Waals surface area (Å²) >= 11 is 0. The van der Waals surface area contributed by atoms with E-state index in [-0.39, 0.29) is 24.3 Å². The molecule has 140 valence electrons. The highest BCUT2D eigenvalue weighted by Gasteiger charge is 2.21. The van der Waals surface area contributed by atoms with E-state index in [1.165, 1.54) is 24.3 Å². The van der Waals surface area contributed by atoms with Crippen molar-refractivity contribution in [3.8, 4) is 11.5 Å². The summed E-state index contributed by atoms with van der Waals surface area (Å²) in [4.78, 5) is 14.0. The lowest BCUT2D eigenvalue weighted by Gasteiger charge is -2.21. The third-order valence-corrected chi connectivity index (χ3v) is 4.28. The lowest BCUT2D eigenvalue weighted by atomic mass is 10.1. The fourth-order valence-electron chi connectivity index (χ4n) is 2.50. The molecule has 27 heavy (non-hydrogen) atoms. The first kappa shape index (κ1) is 18.7. The van der Waals surface area contributed by atoms with Crippen molar-refractivity contribution in [1.29, 1.82) is 0 Å². The second kappa shape index (κ2) is 8.09.